The minimum absolute atomic E-state index is 0.0935. The highest BCUT2D eigenvalue weighted by atomic mass is 127. The van der Waals surface area contributed by atoms with Crippen LogP contribution in [0.25, 0.3) is 0 Å². The first-order chi connectivity index (χ1) is 9.40. The van der Waals surface area contributed by atoms with Crippen LogP contribution in [0, 0.1) is 23.2 Å². The number of carbonyl (C=O) groups excluding carboxylic acids is 1. The van der Waals surface area contributed by atoms with Gasteiger partial charge in [0.2, 0.25) is 5.91 Å². The van der Waals surface area contributed by atoms with Gasteiger partial charge >= 0.3 is 0 Å². The number of anilines is 2. The number of hydrogen-bond donors (Lipinski definition) is 0. The van der Waals surface area contributed by atoms with E-state index in [9.17, 15) is 9.18 Å². The van der Waals surface area contributed by atoms with Gasteiger partial charge in [-0.2, -0.15) is 0 Å². The molecule has 0 fully saturated rings. The highest BCUT2D eigenvalue weighted by Crippen LogP contribution is 2.33. The molecule has 2 aromatic rings. The van der Waals surface area contributed by atoms with Crippen LogP contribution in [0.15, 0.2) is 36.4 Å². The molecule has 2 rings (SSSR count). The van der Waals surface area contributed by atoms with Gasteiger partial charge in [-0.25, -0.2) is 4.39 Å². The molecule has 2 nitrogen and oxygen atoms in total. The van der Waals surface area contributed by atoms with Crippen LogP contribution in [0.4, 0.5) is 15.8 Å². The molecular formula is C16H15FINO. The van der Waals surface area contributed by atoms with Crippen LogP contribution in [0.1, 0.15) is 18.1 Å². The molecule has 0 saturated carbocycles. The number of rotatable bonds is 2. The molecule has 1 amide bonds. The van der Waals surface area contributed by atoms with Gasteiger partial charge < -0.3 is 0 Å². The van der Waals surface area contributed by atoms with E-state index in [4.69, 9.17) is 0 Å². The van der Waals surface area contributed by atoms with Gasteiger partial charge in [0.15, 0.2) is 0 Å². The molecule has 0 aliphatic carbocycles. The average molecular weight is 383 g/mol. The Balaban J connectivity index is 2.60. The molecule has 0 spiro atoms. The average Bonchev–Trinajstić information content (AvgIpc) is 2.34. The van der Waals surface area contributed by atoms with E-state index in [1.165, 1.54) is 19.1 Å². The van der Waals surface area contributed by atoms with Crippen molar-refractivity contribution in [2.24, 2.45) is 0 Å². The molecule has 0 bridgehead atoms. The van der Waals surface area contributed by atoms with E-state index in [1.807, 2.05) is 26.0 Å². The van der Waals surface area contributed by atoms with Crippen molar-refractivity contribution < 1.29 is 9.18 Å². The fourth-order valence-corrected chi connectivity index (χ4v) is 3.25. The molecule has 4 heteroatoms. The fourth-order valence-electron chi connectivity index (χ4n) is 2.31. The first-order valence-electron chi connectivity index (χ1n) is 6.23. The summed E-state index contributed by atoms with van der Waals surface area (Å²) in [6.07, 6.45) is 0. The third kappa shape index (κ3) is 3.00. The van der Waals surface area contributed by atoms with Crippen molar-refractivity contribution in [3.8, 4) is 0 Å². The molecule has 0 unspecified atom stereocenters. The van der Waals surface area contributed by atoms with Crippen LogP contribution in [0.5, 0.6) is 0 Å². The number of nitrogens with zero attached hydrogens (tertiary/aromatic N) is 1. The molecule has 0 aromatic heterocycles. The summed E-state index contributed by atoms with van der Waals surface area (Å²) in [5, 5.41) is 0. The molecule has 0 N–H and O–H groups in total. The second-order valence-corrected chi connectivity index (χ2v) is 5.96. The SMILES string of the molecule is CC(=O)N(c1ccc(F)cc1)c1c(C)cc(I)cc1C. The molecule has 0 radical (unpaired) electrons. The monoisotopic (exact) mass is 383 g/mol. The van der Waals surface area contributed by atoms with E-state index < -0.39 is 0 Å². The molecule has 0 saturated heterocycles. The number of amides is 1. The molecule has 2 aromatic carbocycles. The summed E-state index contributed by atoms with van der Waals surface area (Å²) in [4.78, 5) is 13.7. The quantitative estimate of drug-likeness (QED) is 0.687. The Labute approximate surface area is 131 Å². The van der Waals surface area contributed by atoms with Crippen LogP contribution < -0.4 is 4.90 Å². The molecule has 0 heterocycles. The Morgan fingerprint density at radius 2 is 1.60 bits per heavy atom. The van der Waals surface area contributed by atoms with Gasteiger partial charge in [0, 0.05) is 16.2 Å². The second kappa shape index (κ2) is 5.91. The molecule has 20 heavy (non-hydrogen) atoms. The van der Waals surface area contributed by atoms with Crippen molar-refractivity contribution in [2.75, 3.05) is 4.90 Å². The lowest BCUT2D eigenvalue weighted by atomic mass is 10.1. The Morgan fingerprint density at radius 3 is 2.05 bits per heavy atom. The van der Waals surface area contributed by atoms with Crippen molar-refractivity contribution >= 4 is 39.9 Å². The van der Waals surface area contributed by atoms with Crippen LogP contribution in [-0.4, -0.2) is 5.91 Å². The van der Waals surface area contributed by atoms with E-state index >= 15 is 0 Å². The van der Waals surface area contributed by atoms with E-state index in [2.05, 4.69) is 22.6 Å². The van der Waals surface area contributed by atoms with Crippen LogP contribution in [0.2, 0.25) is 0 Å². The van der Waals surface area contributed by atoms with Crippen LogP contribution >= 0.6 is 22.6 Å². The normalized spacial score (nSPS) is 10.4. The maximum Gasteiger partial charge on any atom is 0.228 e. The van der Waals surface area contributed by atoms with Gasteiger partial charge in [0.05, 0.1) is 5.69 Å². The second-order valence-electron chi connectivity index (χ2n) is 4.72. The minimum Gasteiger partial charge on any atom is -0.281 e. The Bertz CT molecular complexity index is 629. The van der Waals surface area contributed by atoms with Gasteiger partial charge in [-0.05, 0) is 84.0 Å². The fraction of sp³-hybridized carbons (Fsp3) is 0.188. The third-order valence-corrected chi connectivity index (χ3v) is 3.70. The summed E-state index contributed by atoms with van der Waals surface area (Å²) in [7, 11) is 0. The zero-order valence-corrected chi connectivity index (χ0v) is 13.7. The highest BCUT2D eigenvalue weighted by Gasteiger charge is 2.18. The van der Waals surface area contributed by atoms with E-state index in [1.54, 1.807) is 17.0 Å². The lowest BCUT2D eigenvalue weighted by Gasteiger charge is -2.25. The number of benzene rings is 2. The van der Waals surface area contributed by atoms with Crippen LogP contribution in [-0.2, 0) is 4.79 Å². The predicted molar refractivity (Wildman–Crippen MR) is 87.9 cm³/mol. The highest BCUT2D eigenvalue weighted by molar-refractivity contribution is 14.1. The Hall–Kier alpha value is -1.43. The smallest absolute Gasteiger partial charge is 0.228 e. The largest absolute Gasteiger partial charge is 0.281 e. The van der Waals surface area contributed by atoms with Gasteiger partial charge in [-0.1, -0.05) is 0 Å². The van der Waals surface area contributed by atoms with Gasteiger partial charge in [0.1, 0.15) is 5.82 Å². The summed E-state index contributed by atoms with van der Waals surface area (Å²) in [5.74, 6) is -0.405. The van der Waals surface area contributed by atoms with Crippen molar-refractivity contribution in [1.29, 1.82) is 0 Å². The number of aryl methyl sites for hydroxylation is 2. The lowest BCUT2D eigenvalue weighted by molar-refractivity contribution is -0.115. The first kappa shape index (κ1) is 15.0. The minimum atomic E-state index is -0.312. The topological polar surface area (TPSA) is 20.3 Å². The molecule has 0 atom stereocenters. The molecular weight excluding hydrogens is 368 g/mol. The van der Waals surface area contributed by atoms with Crippen LogP contribution in [0.3, 0.4) is 0 Å². The third-order valence-electron chi connectivity index (χ3n) is 3.08. The van der Waals surface area contributed by atoms with Crippen molar-refractivity contribution in [3.05, 3.63) is 56.9 Å². The molecule has 0 aliphatic rings. The molecule has 104 valence electrons. The summed E-state index contributed by atoms with van der Waals surface area (Å²) in [6, 6.07) is 10.0. The Kier molecular flexibility index (Phi) is 4.42. The van der Waals surface area contributed by atoms with Gasteiger partial charge in [-0.15, -0.1) is 0 Å². The van der Waals surface area contributed by atoms with Crippen molar-refractivity contribution in [2.45, 2.75) is 20.8 Å². The summed E-state index contributed by atoms with van der Waals surface area (Å²) in [5.41, 5.74) is 3.58. The summed E-state index contributed by atoms with van der Waals surface area (Å²) in [6.45, 7) is 5.47. The number of halogens is 2. The van der Waals surface area contributed by atoms with Gasteiger partial charge in [0.25, 0.3) is 0 Å². The van der Waals surface area contributed by atoms with Crippen molar-refractivity contribution in [3.63, 3.8) is 0 Å². The standard InChI is InChI=1S/C16H15FINO/c1-10-8-14(18)9-11(2)16(10)19(12(3)20)15-6-4-13(17)5-7-15/h4-9H,1-3H3. The van der Waals surface area contributed by atoms with E-state index in [-0.39, 0.29) is 11.7 Å². The predicted octanol–water partition coefficient (Wildman–Crippen LogP) is 4.73. The number of hydrogen-bond acceptors (Lipinski definition) is 1. The van der Waals surface area contributed by atoms with Gasteiger partial charge in [-0.3, -0.25) is 9.69 Å². The number of carbonyl (C=O) groups is 1. The summed E-state index contributed by atoms with van der Waals surface area (Å²) < 4.78 is 14.2. The summed E-state index contributed by atoms with van der Waals surface area (Å²) >= 11 is 2.25. The lowest BCUT2D eigenvalue weighted by Crippen LogP contribution is -2.24. The Morgan fingerprint density at radius 1 is 1.10 bits per heavy atom. The maximum absolute atomic E-state index is 13.1. The first-order valence-corrected chi connectivity index (χ1v) is 7.31. The van der Waals surface area contributed by atoms with E-state index in [0.717, 1.165) is 20.4 Å². The van der Waals surface area contributed by atoms with Crippen molar-refractivity contribution in [1.82, 2.24) is 0 Å². The molecule has 0 aliphatic heterocycles. The zero-order chi connectivity index (χ0) is 14.9. The zero-order valence-electron chi connectivity index (χ0n) is 11.6. The van der Waals surface area contributed by atoms with E-state index in [0.29, 0.717) is 5.69 Å². The maximum atomic E-state index is 13.1.